The summed E-state index contributed by atoms with van der Waals surface area (Å²) in [5.74, 6) is 1.10. The molecule has 9 nitrogen and oxygen atoms in total. The molecule has 0 radical (unpaired) electrons. The van der Waals surface area contributed by atoms with Crippen molar-refractivity contribution in [2.24, 2.45) is 10.9 Å². The number of halogens is 2. The summed E-state index contributed by atoms with van der Waals surface area (Å²) in [5.41, 5.74) is 9.07. The number of piperazine rings is 1. The van der Waals surface area contributed by atoms with Gasteiger partial charge in [-0.15, -0.1) is 0 Å². The van der Waals surface area contributed by atoms with Crippen LogP contribution in [0.15, 0.2) is 83.6 Å². The number of likely N-dealkylation sites (N-methyl/N-ethyl adjacent to an activating group) is 1. The molecule has 46 heavy (non-hydrogen) atoms. The van der Waals surface area contributed by atoms with E-state index in [1.165, 1.54) is 6.08 Å². The number of ether oxygens (including phenoxy) is 3. The van der Waals surface area contributed by atoms with Crippen molar-refractivity contribution in [1.29, 1.82) is 5.41 Å². The Balaban J connectivity index is 1.21. The number of allylic oxidation sites excluding steroid dienone is 2. The number of nitrogens with one attached hydrogen (secondary N) is 1. The molecule has 1 aliphatic carbocycles. The second-order valence-corrected chi connectivity index (χ2v) is 11.7. The molecule has 4 N–H and O–H groups in total. The van der Waals surface area contributed by atoms with Crippen molar-refractivity contribution >= 4 is 23.0 Å². The van der Waals surface area contributed by atoms with E-state index >= 15 is 4.39 Å². The minimum atomic E-state index is -0.384. The predicted molar refractivity (Wildman–Crippen MR) is 179 cm³/mol. The van der Waals surface area contributed by atoms with E-state index < -0.39 is 0 Å². The van der Waals surface area contributed by atoms with Crippen LogP contribution in [0.2, 0.25) is 5.02 Å². The Bertz CT molecular complexity index is 1640. The molecular weight excluding hydrogens is 609 g/mol. The SMILES string of the molecule is CN1CCN(CCCOc2cccc(-c3cccc(COc4cc(OCC5=CC(=N)/C(=N\O)C=C5)c(CN)cc4Cl)c3F)c2)CC1. The number of hydrogen-bond donors (Lipinski definition) is 3. The van der Waals surface area contributed by atoms with Gasteiger partial charge in [0, 0.05) is 62.0 Å². The molecule has 1 heterocycles. The quantitative estimate of drug-likeness (QED) is 0.0912. The Hall–Kier alpha value is -4.22. The van der Waals surface area contributed by atoms with Gasteiger partial charge in [-0.05, 0) is 55.0 Å². The van der Waals surface area contributed by atoms with Crippen LogP contribution in [-0.4, -0.2) is 79.4 Å². The Morgan fingerprint density at radius 2 is 1.74 bits per heavy atom. The number of oxime groups is 1. The van der Waals surface area contributed by atoms with Crippen LogP contribution < -0.4 is 19.9 Å². The second kappa shape index (κ2) is 15.9. The van der Waals surface area contributed by atoms with Crippen LogP contribution in [0.1, 0.15) is 17.5 Å². The van der Waals surface area contributed by atoms with Crippen molar-refractivity contribution in [3.8, 4) is 28.4 Å². The number of benzene rings is 3. The number of nitrogens with zero attached hydrogens (tertiary/aromatic N) is 3. The molecule has 0 amide bonds. The molecule has 0 bridgehead atoms. The van der Waals surface area contributed by atoms with Gasteiger partial charge in [0.2, 0.25) is 0 Å². The largest absolute Gasteiger partial charge is 0.494 e. The fourth-order valence-electron chi connectivity index (χ4n) is 5.27. The fourth-order valence-corrected chi connectivity index (χ4v) is 5.52. The molecule has 3 aromatic rings. The molecule has 11 heteroatoms. The third-order valence-corrected chi connectivity index (χ3v) is 8.28. The molecule has 0 atom stereocenters. The van der Waals surface area contributed by atoms with Crippen molar-refractivity contribution < 1.29 is 23.8 Å². The Labute approximate surface area is 273 Å². The fraction of sp³-hybridized carbons (Fsp3) is 0.314. The summed E-state index contributed by atoms with van der Waals surface area (Å²) in [6.07, 6.45) is 5.72. The number of rotatable bonds is 13. The van der Waals surface area contributed by atoms with Gasteiger partial charge < -0.3 is 35.0 Å². The maximum absolute atomic E-state index is 15.8. The Morgan fingerprint density at radius 3 is 2.50 bits per heavy atom. The van der Waals surface area contributed by atoms with E-state index in [4.69, 9.17) is 42.2 Å². The van der Waals surface area contributed by atoms with Crippen LogP contribution in [0.5, 0.6) is 17.2 Å². The van der Waals surface area contributed by atoms with Gasteiger partial charge >= 0.3 is 0 Å². The number of hydrogen-bond acceptors (Lipinski definition) is 9. The zero-order chi connectivity index (χ0) is 32.5. The van der Waals surface area contributed by atoms with E-state index in [1.54, 1.807) is 42.5 Å². The van der Waals surface area contributed by atoms with E-state index in [2.05, 4.69) is 22.0 Å². The minimum Gasteiger partial charge on any atom is -0.494 e. The van der Waals surface area contributed by atoms with Crippen molar-refractivity contribution in [3.63, 3.8) is 0 Å². The molecular formula is C35H39ClFN5O4. The molecule has 0 aromatic heterocycles. The van der Waals surface area contributed by atoms with Gasteiger partial charge in [0.1, 0.15) is 42.0 Å². The van der Waals surface area contributed by atoms with E-state index in [-0.39, 0.29) is 37.0 Å². The van der Waals surface area contributed by atoms with Crippen LogP contribution in [0.25, 0.3) is 11.1 Å². The van der Waals surface area contributed by atoms with Crippen molar-refractivity contribution in [1.82, 2.24) is 9.80 Å². The Morgan fingerprint density at radius 1 is 0.957 bits per heavy atom. The lowest BCUT2D eigenvalue weighted by Crippen LogP contribution is -2.44. The molecule has 0 spiro atoms. The first-order valence-electron chi connectivity index (χ1n) is 15.2. The summed E-state index contributed by atoms with van der Waals surface area (Å²) in [7, 11) is 2.15. The second-order valence-electron chi connectivity index (χ2n) is 11.3. The third-order valence-electron chi connectivity index (χ3n) is 7.99. The maximum Gasteiger partial charge on any atom is 0.142 e. The molecule has 1 saturated heterocycles. The van der Waals surface area contributed by atoms with E-state index in [1.807, 2.05) is 24.3 Å². The van der Waals surface area contributed by atoms with Gasteiger partial charge in [-0.3, -0.25) is 5.41 Å². The highest BCUT2D eigenvalue weighted by molar-refractivity contribution is 6.50. The van der Waals surface area contributed by atoms with Crippen LogP contribution >= 0.6 is 11.6 Å². The molecule has 5 rings (SSSR count). The van der Waals surface area contributed by atoms with E-state index in [9.17, 15) is 0 Å². The molecule has 3 aromatic carbocycles. The molecule has 2 aliphatic rings. The van der Waals surface area contributed by atoms with Crippen LogP contribution in [0, 0.1) is 11.2 Å². The van der Waals surface area contributed by atoms with Crippen molar-refractivity contribution in [3.05, 3.63) is 100 Å². The molecule has 0 saturated carbocycles. The normalized spacial score (nSPS) is 16.5. The monoisotopic (exact) mass is 647 g/mol. The Kier molecular flexibility index (Phi) is 11.4. The first kappa shape index (κ1) is 33.2. The van der Waals surface area contributed by atoms with Gasteiger partial charge in [0.05, 0.1) is 17.3 Å². The highest BCUT2D eigenvalue weighted by atomic mass is 35.5. The summed E-state index contributed by atoms with van der Waals surface area (Å²) in [4.78, 5) is 4.80. The van der Waals surface area contributed by atoms with Crippen LogP contribution in [-0.2, 0) is 13.2 Å². The summed E-state index contributed by atoms with van der Waals surface area (Å²) >= 11 is 6.50. The topological polar surface area (TPSA) is 117 Å². The zero-order valence-electron chi connectivity index (χ0n) is 25.8. The lowest BCUT2D eigenvalue weighted by atomic mass is 10.0. The van der Waals surface area contributed by atoms with Gasteiger partial charge in [-0.25, -0.2) is 4.39 Å². The van der Waals surface area contributed by atoms with Gasteiger partial charge in [0.15, 0.2) is 0 Å². The van der Waals surface area contributed by atoms with E-state index in [0.29, 0.717) is 56.7 Å². The molecule has 242 valence electrons. The summed E-state index contributed by atoms with van der Waals surface area (Å²) in [5, 5.41) is 20.3. The highest BCUT2D eigenvalue weighted by Crippen LogP contribution is 2.35. The van der Waals surface area contributed by atoms with Gasteiger partial charge in [-0.2, -0.15) is 0 Å². The molecule has 1 fully saturated rings. The van der Waals surface area contributed by atoms with Crippen LogP contribution in [0.3, 0.4) is 0 Å². The standard InChI is InChI=1S/C35H39ClFN5O4/c1-41-12-14-42(15-13-41)11-4-16-44-28-7-2-5-25(18-28)29-8-3-6-26(35(29)37)23-46-34-20-33(27(21-38)19-30(34)36)45-22-24-9-10-32(40-43)31(39)17-24/h2-3,5-10,17-20,39,43H,4,11-16,21-23,38H2,1H3/b39-31?,40-32-. The highest BCUT2D eigenvalue weighted by Gasteiger charge is 2.16. The van der Waals surface area contributed by atoms with E-state index in [0.717, 1.165) is 39.1 Å². The summed E-state index contributed by atoms with van der Waals surface area (Å²) in [6, 6.07) is 16.0. The lowest BCUT2D eigenvalue weighted by molar-refractivity contribution is 0.145. The minimum absolute atomic E-state index is 0.0579. The number of nitrogens with two attached hydrogens (primary N) is 1. The zero-order valence-corrected chi connectivity index (χ0v) is 26.6. The van der Waals surface area contributed by atoms with Crippen molar-refractivity contribution in [2.45, 2.75) is 19.6 Å². The van der Waals surface area contributed by atoms with Crippen molar-refractivity contribution in [2.75, 3.05) is 53.0 Å². The molecule has 1 aliphatic heterocycles. The predicted octanol–water partition coefficient (Wildman–Crippen LogP) is 5.93. The first-order valence-corrected chi connectivity index (χ1v) is 15.6. The summed E-state index contributed by atoms with van der Waals surface area (Å²) < 4.78 is 33.8. The third kappa shape index (κ3) is 8.52. The first-order chi connectivity index (χ1) is 22.3. The van der Waals surface area contributed by atoms with Gasteiger partial charge in [0.25, 0.3) is 0 Å². The smallest absolute Gasteiger partial charge is 0.142 e. The average Bonchev–Trinajstić information content (AvgIpc) is 3.07. The van der Waals surface area contributed by atoms with Crippen LogP contribution in [0.4, 0.5) is 4.39 Å². The maximum atomic E-state index is 15.8. The average molecular weight is 648 g/mol. The lowest BCUT2D eigenvalue weighted by Gasteiger charge is -2.32. The molecule has 0 unspecified atom stereocenters. The van der Waals surface area contributed by atoms with Gasteiger partial charge in [-0.1, -0.05) is 53.2 Å². The summed E-state index contributed by atoms with van der Waals surface area (Å²) in [6.45, 7) is 6.21.